The van der Waals surface area contributed by atoms with Crippen molar-refractivity contribution in [1.82, 2.24) is 0 Å². The molecule has 1 unspecified atom stereocenters. The van der Waals surface area contributed by atoms with Crippen LogP contribution in [0, 0.1) is 5.92 Å². The minimum absolute atomic E-state index is 0.0654. The first-order chi connectivity index (χ1) is 8.37. The molecule has 7 heteroatoms. The van der Waals surface area contributed by atoms with Crippen LogP contribution in [0.1, 0.15) is 6.42 Å². The van der Waals surface area contributed by atoms with Crippen LogP contribution in [-0.2, 0) is 14.6 Å². The number of hydrogen-bond acceptors (Lipinski definition) is 3. The Labute approximate surface area is 119 Å². The Morgan fingerprint density at radius 3 is 2.72 bits per heavy atom. The minimum atomic E-state index is -3.04. The molecule has 0 saturated carbocycles. The normalized spacial score (nSPS) is 21.8. The quantitative estimate of drug-likeness (QED) is 0.889. The molecule has 1 N–H and O–H groups in total. The van der Waals surface area contributed by atoms with Gasteiger partial charge in [-0.05, 0) is 40.5 Å². The average molecular weight is 353 g/mol. The Morgan fingerprint density at radius 1 is 1.44 bits per heavy atom. The van der Waals surface area contributed by atoms with E-state index in [-0.39, 0.29) is 17.4 Å². The van der Waals surface area contributed by atoms with Crippen molar-refractivity contribution in [2.75, 3.05) is 16.8 Å². The second-order valence-corrected chi connectivity index (χ2v) is 7.73. The molecule has 1 aliphatic heterocycles. The predicted octanol–water partition coefficient (Wildman–Crippen LogP) is 2.48. The number of sulfone groups is 1. The summed E-state index contributed by atoms with van der Waals surface area (Å²) in [6.07, 6.45) is 0.388. The Kier molecular flexibility index (Phi) is 3.99. The van der Waals surface area contributed by atoms with E-state index in [1.807, 2.05) is 0 Å². The number of carbonyl (C=O) groups is 1. The highest BCUT2D eigenvalue weighted by atomic mass is 79.9. The predicted molar refractivity (Wildman–Crippen MR) is 74.5 cm³/mol. The zero-order valence-electron chi connectivity index (χ0n) is 9.32. The second kappa shape index (κ2) is 5.19. The summed E-state index contributed by atoms with van der Waals surface area (Å²) < 4.78 is 23.3. The fraction of sp³-hybridized carbons (Fsp3) is 0.364. The number of rotatable bonds is 2. The van der Waals surface area contributed by atoms with Gasteiger partial charge in [0.05, 0.1) is 23.1 Å². The molecule has 0 aliphatic carbocycles. The first-order valence-electron chi connectivity index (χ1n) is 5.34. The van der Waals surface area contributed by atoms with Gasteiger partial charge in [-0.3, -0.25) is 4.79 Å². The topological polar surface area (TPSA) is 63.2 Å². The molecule has 1 atom stereocenters. The molecule has 0 bridgehead atoms. The smallest absolute Gasteiger partial charge is 0.228 e. The molecule has 98 valence electrons. The Morgan fingerprint density at radius 2 is 2.17 bits per heavy atom. The molecule has 18 heavy (non-hydrogen) atoms. The van der Waals surface area contributed by atoms with Crippen molar-refractivity contribution in [3.05, 3.63) is 27.7 Å². The summed E-state index contributed by atoms with van der Waals surface area (Å²) in [4.78, 5) is 11.9. The molecule has 4 nitrogen and oxygen atoms in total. The number of amides is 1. The Bertz CT molecular complexity index is 588. The maximum atomic E-state index is 11.9. The van der Waals surface area contributed by atoms with Crippen LogP contribution in [0.5, 0.6) is 0 Å². The van der Waals surface area contributed by atoms with E-state index in [2.05, 4.69) is 21.2 Å². The molecule has 1 saturated heterocycles. The summed E-state index contributed by atoms with van der Waals surface area (Å²) in [5.41, 5.74) is 0.591. The van der Waals surface area contributed by atoms with Gasteiger partial charge in [-0.25, -0.2) is 8.42 Å². The van der Waals surface area contributed by atoms with Gasteiger partial charge in [0.15, 0.2) is 9.84 Å². The average Bonchev–Trinajstić information content (AvgIpc) is 2.63. The van der Waals surface area contributed by atoms with Crippen molar-refractivity contribution in [2.24, 2.45) is 5.92 Å². The molecule has 2 rings (SSSR count). The van der Waals surface area contributed by atoms with Crippen molar-refractivity contribution in [3.63, 3.8) is 0 Å². The standard InChI is InChI=1S/C11H11BrClNO3S/c12-9-5-8(13)1-2-10(9)14-11(15)7-3-4-18(16,17)6-7/h1-2,5,7H,3-4,6H2,(H,14,15). The SMILES string of the molecule is O=C(Nc1ccc(Cl)cc1Br)C1CCS(=O)(=O)C1. The highest BCUT2D eigenvalue weighted by Crippen LogP contribution is 2.27. The van der Waals surface area contributed by atoms with Gasteiger partial charge < -0.3 is 5.32 Å². The van der Waals surface area contributed by atoms with Gasteiger partial charge in [0.1, 0.15) is 0 Å². The van der Waals surface area contributed by atoms with E-state index in [0.29, 0.717) is 21.6 Å². The van der Waals surface area contributed by atoms with Gasteiger partial charge >= 0.3 is 0 Å². The summed E-state index contributed by atoms with van der Waals surface area (Å²) in [7, 11) is -3.04. The molecular formula is C11H11BrClNO3S. The van der Waals surface area contributed by atoms with Crippen LogP contribution in [0.15, 0.2) is 22.7 Å². The van der Waals surface area contributed by atoms with Crippen LogP contribution in [0.25, 0.3) is 0 Å². The van der Waals surface area contributed by atoms with Crippen molar-refractivity contribution in [1.29, 1.82) is 0 Å². The van der Waals surface area contributed by atoms with E-state index in [0.717, 1.165) is 0 Å². The molecule has 0 radical (unpaired) electrons. The van der Waals surface area contributed by atoms with E-state index >= 15 is 0 Å². The molecule has 1 fully saturated rings. The number of hydrogen-bond donors (Lipinski definition) is 1. The summed E-state index contributed by atoms with van der Waals surface area (Å²) in [5.74, 6) is -0.701. The third-order valence-electron chi connectivity index (χ3n) is 2.79. The Hall–Kier alpha value is -0.590. The largest absolute Gasteiger partial charge is 0.325 e. The number of benzene rings is 1. The van der Waals surface area contributed by atoms with Crippen LogP contribution in [0.3, 0.4) is 0 Å². The first-order valence-corrected chi connectivity index (χ1v) is 8.33. The van der Waals surface area contributed by atoms with Crippen LogP contribution < -0.4 is 5.32 Å². The van der Waals surface area contributed by atoms with Crippen LogP contribution in [0.4, 0.5) is 5.69 Å². The van der Waals surface area contributed by atoms with Gasteiger partial charge in [-0.15, -0.1) is 0 Å². The second-order valence-electron chi connectivity index (χ2n) is 4.21. The van der Waals surface area contributed by atoms with Crippen molar-refractivity contribution in [2.45, 2.75) is 6.42 Å². The monoisotopic (exact) mass is 351 g/mol. The van der Waals surface area contributed by atoms with E-state index in [1.165, 1.54) is 0 Å². The highest BCUT2D eigenvalue weighted by molar-refractivity contribution is 9.10. The third kappa shape index (κ3) is 3.24. The lowest BCUT2D eigenvalue weighted by atomic mass is 10.1. The van der Waals surface area contributed by atoms with Crippen LogP contribution >= 0.6 is 27.5 Å². The van der Waals surface area contributed by atoms with Crippen molar-refractivity contribution in [3.8, 4) is 0 Å². The number of carbonyl (C=O) groups excluding carboxylic acids is 1. The molecule has 1 aliphatic rings. The summed E-state index contributed by atoms with van der Waals surface area (Å²) in [6.45, 7) is 0. The van der Waals surface area contributed by atoms with Gasteiger partial charge in [0.2, 0.25) is 5.91 Å². The van der Waals surface area contributed by atoms with E-state index in [4.69, 9.17) is 11.6 Å². The molecule has 1 aromatic carbocycles. The van der Waals surface area contributed by atoms with Gasteiger partial charge in [-0.1, -0.05) is 11.6 Å². The summed E-state index contributed by atoms with van der Waals surface area (Å²) in [5, 5.41) is 3.27. The molecule has 0 aromatic heterocycles. The fourth-order valence-electron chi connectivity index (χ4n) is 1.83. The molecular weight excluding hydrogens is 342 g/mol. The summed E-state index contributed by atoms with van der Waals surface area (Å²) in [6, 6.07) is 5.00. The maximum Gasteiger partial charge on any atom is 0.228 e. The van der Waals surface area contributed by atoms with E-state index in [9.17, 15) is 13.2 Å². The molecule has 1 amide bonds. The number of halogens is 2. The van der Waals surface area contributed by atoms with Crippen LogP contribution in [-0.4, -0.2) is 25.8 Å². The van der Waals surface area contributed by atoms with Crippen molar-refractivity contribution >= 4 is 49.0 Å². The van der Waals surface area contributed by atoms with Crippen molar-refractivity contribution < 1.29 is 13.2 Å². The fourth-order valence-corrected chi connectivity index (χ4v) is 4.35. The molecule has 1 heterocycles. The van der Waals surface area contributed by atoms with E-state index in [1.54, 1.807) is 18.2 Å². The zero-order chi connectivity index (χ0) is 13.3. The van der Waals surface area contributed by atoms with E-state index < -0.39 is 15.8 Å². The lowest BCUT2D eigenvalue weighted by Crippen LogP contribution is -2.23. The first kappa shape index (κ1) is 13.8. The minimum Gasteiger partial charge on any atom is -0.325 e. The van der Waals surface area contributed by atoms with Crippen LogP contribution in [0.2, 0.25) is 5.02 Å². The van der Waals surface area contributed by atoms with Gasteiger partial charge in [0.25, 0.3) is 0 Å². The van der Waals surface area contributed by atoms with Gasteiger partial charge in [-0.2, -0.15) is 0 Å². The molecule has 0 spiro atoms. The number of anilines is 1. The summed E-state index contributed by atoms with van der Waals surface area (Å²) >= 11 is 9.09. The van der Waals surface area contributed by atoms with Gasteiger partial charge in [0, 0.05) is 9.50 Å². The third-order valence-corrected chi connectivity index (χ3v) is 5.45. The lowest BCUT2D eigenvalue weighted by Gasteiger charge is -2.11. The highest BCUT2D eigenvalue weighted by Gasteiger charge is 2.33. The maximum absolute atomic E-state index is 11.9. The number of nitrogens with one attached hydrogen (secondary N) is 1. The Balaban J connectivity index is 2.08. The zero-order valence-corrected chi connectivity index (χ0v) is 12.5. The lowest BCUT2D eigenvalue weighted by molar-refractivity contribution is -0.119. The molecule has 1 aromatic rings.